The summed E-state index contributed by atoms with van der Waals surface area (Å²) in [5.74, 6) is -0.582. The smallest absolute Gasteiger partial charge is 0.306 e. The maximum atomic E-state index is 13.5. The average Bonchev–Trinajstić information content (AvgIpc) is 3.36. The van der Waals surface area contributed by atoms with E-state index in [-0.39, 0.29) is 31.3 Å². The number of phosphoric ester groups is 1. The number of hydrogen-bond acceptors (Lipinski definition) is 7. The van der Waals surface area contributed by atoms with E-state index in [4.69, 9.17) is 13.8 Å². The summed E-state index contributed by atoms with van der Waals surface area (Å²) in [5.41, 5.74) is 0. The minimum Gasteiger partial charge on any atom is -0.756 e. The molecule has 1 amide bonds. The van der Waals surface area contributed by atoms with Gasteiger partial charge in [-0.3, -0.25) is 14.2 Å². The Bertz CT molecular complexity index is 1540. The van der Waals surface area contributed by atoms with E-state index < -0.39 is 26.6 Å². The van der Waals surface area contributed by atoms with Gasteiger partial charge in [-0.1, -0.05) is 228 Å². The molecule has 0 saturated carbocycles. The van der Waals surface area contributed by atoms with E-state index in [9.17, 15) is 19.0 Å². The molecule has 0 aliphatic heterocycles. The number of nitrogens with one attached hydrogen (secondary N) is 1. The Labute approximate surface area is 456 Å². The van der Waals surface area contributed by atoms with E-state index in [0.29, 0.717) is 23.9 Å². The van der Waals surface area contributed by atoms with E-state index in [1.165, 1.54) is 103 Å². The van der Waals surface area contributed by atoms with Gasteiger partial charge < -0.3 is 28.5 Å². The molecule has 0 aromatic rings. The lowest BCUT2D eigenvalue weighted by atomic mass is 10.0. The Balaban J connectivity index is 5.35. The molecule has 0 aliphatic rings. The molecule has 1 N–H and O–H groups in total. The van der Waals surface area contributed by atoms with Gasteiger partial charge >= 0.3 is 5.97 Å². The third-order valence-electron chi connectivity index (χ3n) is 13.1. The maximum absolute atomic E-state index is 13.5. The zero-order chi connectivity index (χ0) is 54.3. The second kappa shape index (κ2) is 53.6. The van der Waals surface area contributed by atoms with Crippen molar-refractivity contribution < 1.29 is 37.3 Å². The fourth-order valence-corrected chi connectivity index (χ4v) is 9.09. The van der Waals surface area contributed by atoms with Gasteiger partial charge in [0.2, 0.25) is 5.91 Å². The van der Waals surface area contributed by atoms with Crippen molar-refractivity contribution in [3.05, 3.63) is 85.1 Å². The largest absolute Gasteiger partial charge is 0.756 e. The molecule has 0 aliphatic carbocycles. The zero-order valence-electron chi connectivity index (χ0n) is 48.8. The molecule has 0 fully saturated rings. The van der Waals surface area contributed by atoms with E-state index in [1.54, 1.807) is 0 Å². The highest BCUT2D eigenvalue weighted by atomic mass is 31.2. The normalized spacial score (nSPS) is 14.3. The number of quaternary nitrogens is 1. The van der Waals surface area contributed by atoms with Crippen LogP contribution in [0.2, 0.25) is 0 Å². The Morgan fingerprint density at radius 3 is 1.32 bits per heavy atom. The third-order valence-corrected chi connectivity index (χ3v) is 14.0. The number of nitrogens with zero attached hydrogens (tertiary/aromatic N) is 1. The number of carbonyl (C=O) groups is 2. The lowest BCUT2D eigenvalue weighted by Gasteiger charge is -2.30. The van der Waals surface area contributed by atoms with Crippen LogP contribution in [0.4, 0.5) is 0 Å². The van der Waals surface area contributed by atoms with Crippen LogP contribution in [0.25, 0.3) is 0 Å². The highest BCUT2D eigenvalue weighted by Crippen LogP contribution is 2.38. The summed E-state index contributed by atoms with van der Waals surface area (Å²) in [6.07, 6.45) is 69.7. The molecule has 0 radical (unpaired) electrons. The molecule has 74 heavy (non-hydrogen) atoms. The van der Waals surface area contributed by atoms with Gasteiger partial charge in [-0.15, -0.1) is 0 Å². The first-order chi connectivity index (χ1) is 35.9. The lowest BCUT2D eigenvalue weighted by Crippen LogP contribution is -2.47. The highest BCUT2D eigenvalue weighted by molar-refractivity contribution is 7.45. The van der Waals surface area contributed by atoms with Crippen molar-refractivity contribution in [2.24, 2.45) is 0 Å². The van der Waals surface area contributed by atoms with Crippen LogP contribution in [0, 0.1) is 0 Å². The van der Waals surface area contributed by atoms with Gasteiger partial charge in [-0.25, -0.2) is 0 Å². The van der Waals surface area contributed by atoms with E-state index in [2.05, 4.69) is 99.0 Å². The molecular formula is C64H115N2O7P. The number of likely N-dealkylation sites (N-methyl/N-ethyl adjacent to an activating group) is 1. The third kappa shape index (κ3) is 54.0. The van der Waals surface area contributed by atoms with Crippen molar-refractivity contribution in [2.75, 3.05) is 40.9 Å². The first kappa shape index (κ1) is 71.2. The number of rotatable bonds is 54. The number of amides is 1. The number of esters is 1. The van der Waals surface area contributed by atoms with Crippen LogP contribution in [-0.2, 0) is 27.9 Å². The summed E-state index contributed by atoms with van der Waals surface area (Å²) in [7, 11) is 1.16. The van der Waals surface area contributed by atoms with Crippen LogP contribution in [0.5, 0.6) is 0 Å². The van der Waals surface area contributed by atoms with Crippen molar-refractivity contribution >= 4 is 19.7 Å². The number of phosphoric acid groups is 1. The Hall–Kier alpha value is -2.81. The van der Waals surface area contributed by atoms with Crippen LogP contribution >= 0.6 is 7.82 Å². The fourth-order valence-electron chi connectivity index (χ4n) is 8.37. The molecule has 0 aromatic heterocycles. The maximum Gasteiger partial charge on any atom is 0.306 e. The van der Waals surface area contributed by atoms with Gasteiger partial charge in [0.25, 0.3) is 7.82 Å². The van der Waals surface area contributed by atoms with Gasteiger partial charge in [0.15, 0.2) is 0 Å². The topological polar surface area (TPSA) is 114 Å². The SMILES string of the molecule is CC/C=C\C/C=C\C/C=C\C/C=C\C/C=C\CCCCCCCC(=O)NC(COP(=O)([O-])OCC[N+](C)(C)C)C(/C=C\CCCCCCCCCCCCC)OC(=O)CCCCC/C=C\CCCCCCCCC. The highest BCUT2D eigenvalue weighted by Gasteiger charge is 2.27. The predicted molar refractivity (Wildman–Crippen MR) is 316 cm³/mol. The number of allylic oxidation sites excluding steroid dienone is 13. The van der Waals surface area contributed by atoms with Gasteiger partial charge in [-0.2, -0.15) is 0 Å². The molecule has 10 heteroatoms. The van der Waals surface area contributed by atoms with Crippen LogP contribution in [0.15, 0.2) is 85.1 Å². The van der Waals surface area contributed by atoms with Crippen LogP contribution in [-0.4, -0.2) is 69.4 Å². The minimum atomic E-state index is -4.71. The van der Waals surface area contributed by atoms with Crippen molar-refractivity contribution in [1.29, 1.82) is 0 Å². The Morgan fingerprint density at radius 1 is 0.486 bits per heavy atom. The van der Waals surface area contributed by atoms with Crippen LogP contribution in [0.3, 0.4) is 0 Å². The number of hydrogen-bond donors (Lipinski definition) is 1. The zero-order valence-corrected chi connectivity index (χ0v) is 49.7. The molecule has 0 spiro atoms. The van der Waals surface area contributed by atoms with E-state index in [0.717, 1.165) is 109 Å². The molecule has 3 unspecified atom stereocenters. The first-order valence-corrected chi connectivity index (χ1v) is 31.9. The summed E-state index contributed by atoms with van der Waals surface area (Å²) in [5, 5.41) is 3.01. The number of unbranched alkanes of at least 4 members (excludes halogenated alkanes) is 26. The molecule has 0 saturated heterocycles. The first-order valence-electron chi connectivity index (χ1n) is 30.4. The summed E-state index contributed by atoms with van der Waals surface area (Å²) in [6, 6.07) is -0.908. The lowest BCUT2D eigenvalue weighted by molar-refractivity contribution is -0.870. The number of ether oxygens (including phenoxy) is 1. The molecule has 428 valence electrons. The molecule has 0 heterocycles. The predicted octanol–water partition coefficient (Wildman–Crippen LogP) is 18.0. The van der Waals surface area contributed by atoms with E-state index >= 15 is 0 Å². The van der Waals surface area contributed by atoms with Gasteiger partial charge in [0.1, 0.15) is 19.3 Å². The summed E-state index contributed by atoms with van der Waals surface area (Å²) >= 11 is 0. The monoisotopic (exact) mass is 1050 g/mol. The van der Waals surface area contributed by atoms with Crippen molar-refractivity contribution in [3.63, 3.8) is 0 Å². The standard InChI is InChI=1S/C64H115N2O7P/c1-7-10-13-16-19-22-25-28-30-31-32-33-34-35-36-38-41-44-47-50-53-56-63(67)65-61(60-72-74(69,70)71-59-58-66(4,5)6)62(55-52-49-46-43-40-37-27-24-21-18-15-12-9-3)73-64(68)57-54-51-48-45-42-39-29-26-23-20-17-14-11-8-2/h10,13,19,22,28,30,32-33,35-36,39,42,52,55,61-62H,7-9,11-12,14-18,20-21,23-27,29,31,34,37-38,40-41,43-51,53-54,56-60H2,1-6H3,(H-,65,67,69,70)/b13-10-,22-19-,30-28-,33-32-,36-35-,42-39-,55-52-. The molecule has 0 bridgehead atoms. The van der Waals surface area contributed by atoms with Crippen molar-refractivity contribution in [1.82, 2.24) is 5.32 Å². The summed E-state index contributed by atoms with van der Waals surface area (Å²) in [6.45, 7) is 6.70. The number of carbonyl (C=O) groups excluding carboxylic acids is 2. The van der Waals surface area contributed by atoms with Gasteiger partial charge in [0, 0.05) is 12.8 Å². The van der Waals surface area contributed by atoms with Gasteiger partial charge in [0.05, 0.1) is 33.8 Å². The van der Waals surface area contributed by atoms with Crippen LogP contribution in [0.1, 0.15) is 258 Å². The molecule has 3 atom stereocenters. The summed E-state index contributed by atoms with van der Waals surface area (Å²) < 4.78 is 30.3. The molecular weight excluding hydrogens is 940 g/mol. The quantitative estimate of drug-likeness (QED) is 0.0212. The fraction of sp³-hybridized carbons (Fsp3) is 0.750. The second-order valence-electron chi connectivity index (χ2n) is 21.5. The summed E-state index contributed by atoms with van der Waals surface area (Å²) in [4.78, 5) is 39.9. The molecule has 0 rings (SSSR count). The van der Waals surface area contributed by atoms with E-state index in [1.807, 2.05) is 33.3 Å². The van der Waals surface area contributed by atoms with Gasteiger partial charge in [-0.05, 0) is 102 Å². The second-order valence-corrected chi connectivity index (χ2v) is 22.9. The van der Waals surface area contributed by atoms with Crippen LogP contribution < -0.4 is 10.2 Å². The Kier molecular flexibility index (Phi) is 51.5. The minimum absolute atomic E-state index is 0.0319. The Morgan fingerprint density at radius 2 is 0.865 bits per heavy atom. The molecule has 0 aromatic carbocycles. The van der Waals surface area contributed by atoms with Crippen molar-refractivity contribution in [3.8, 4) is 0 Å². The van der Waals surface area contributed by atoms with Crippen molar-refractivity contribution in [2.45, 2.75) is 270 Å². The molecule has 9 nitrogen and oxygen atoms in total. The average molecular weight is 1060 g/mol.